The van der Waals surface area contributed by atoms with Gasteiger partial charge in [-0.05, 0) is 92.1 Å². The zero-order chi connectivity index (χ0) is 33.6. The summed E-state index contributed by atoms with van der Waals surface area (Å²) in [4.78, 5) is 29.6. The molecule has 5 aromatic rings. The lowest BCUT2D eigenvalue weighted by Crippen LogP contribution is -2.46. The van der Waals surface area contributed by atoms with Gasteiger partial charge >= 0.3 is 5.97 Å². The Morgan fingerprint density at radius 2 is 1.60 bits per heavy atom. The van der Waals surface area contributed by atoms with E-state index in [2.05, 4.69) is 38.4 Å². The average Bonchev–Trinajstić information content (AvgIpc) is 3.09. The molecule has 9 nitrogen and oxygen atoms in total. The first kappa shape index (κ1) is 35.1. The number of methoxy groups -OCH3 is 1. The number of hydrogen-bond donors (Lipinski definition) is 1. The summed E-state index contributed by atoms with van der Waals surface area (Å²) in [6, 6.07) is 32.0. The summed E-state index contributed by atoms with van der Waals surface area (Å²) >= 11 is 3.30. The Bertz CT molecular complexity index is 1820. The fraction of sp³-hybridized carbons (Fsp3) is 0.194. The van der Waals surface area contributed by atoms with Gasteiger partial charge in [-0.2, -0.15) is 0 Å². The van der Waals surface area contributed by atoms with Crippen LogP contribution in [0, 0.1) is 0 Å². The summed E-state index contributed by atoms with van der Waals surface area (Å²) in [5, 5.41) is 3.74. The molecule has 0 saturated carbocycles. The molecule has 11 heteroatoms. The Hall–Kier alpha value is -4.74. The smallest absolute Gasteiger partial charge is 0.369 e. The molecule has 0 aliphatic rings. The van der Waals surface area contributed by atoms with Crippen molar-refractivity contribution in [2.75, 3.05) is 19.5 Å². The molecule has 0 fully saturated rings. The van der Waals surface area contributed by atoms with Crippen LogP contribution in [0.4, 0.5) is 0 Å². The highest BCUT2D eigenvalue weighted by molar-refractivity contribution is 9.10. The van der Waals surface area contributed by atoms with Crippen molar-refractivity contribution in [3.63, 3.8) is 0 Å². The highest BCUT2D eigenvalue weighted by atomic mass is 79.9. The van der Waals surface area contributed by atoms with E-state index in [9.17, 15) is 18.0 Å². The minimum Gasteiger partial charge on any atom is -0.497 e. The summed E-state index contributed by atoms with van der Waals surface area (Å²) in [6.07, 6.45) is 1.44. The quantitative estimate of drug-likeness (QED) is 0.111. The van der Waals surface area contributed by atoms with E-state index in [-0.39, 0.29) is 12.4 Å². The Morgan fingerprint density at radius 1 is 0.872 bits per heavy atom. The standard InChI is InChI=1S/C27H28BrNO7S.C9H7N/c1-3-35-27(31)26(29-25(30)20-7-4-8-23(18-20)34-2)36-22-13-9-19(10-14-22)6-5-17-37(32,33)24-15-11-21(28)12-16-24;1-2-6-9-8(4-1)5-3-7-10-9/h4,7-16,18,26H,3,5-6,17H2,1-2H3,(H,29,30);1-7H. The number of halogens is 1. The maximum absolute atomic E-state index is 12.7. The number of aromatic nitrogens is 1. The number of esters is 1. The van der Waals surface area contributed by atoms with Gasteiger partial charge in [-0.25, -0.2) is 13.2 Å². The third-order valence-corrected chi connectivity index (χ3v) is 9.18. The topological polar surface area (TPSA) is 121 Å². The van der Waals surface area contributed by atoms with Gasteiger partial charge in [0.05, 0.1) is 29.9 Å². The fourth-order valence-corrected chi connectivity index (χ4v) is 6.01. The van der Waals surface area contributed by atoms with Crippen LogP contribution in [0.3, 0.4) is 0 Å². The highest BCUT2D eigenvalue weighted by Crippen LogP contribution is 2.19. The normalized spacial score (nSPS) is 11.5. The van der Waals surface area contributed by atoms with Crippen molar-refractivity contribution < 1.29 is 32.2 Å². The summed E-state index contributed by atoms with van der Waals surface area (Å²) in [6.45, 7) is 1.78. The molecule has 0 spiro atoms. The first-order valence-electron chi connectivity index (χ1n) is 14.8. The average molecular weight is 720 g/mol. The Balaban J connectivity index is 0.000000420. The number of fused-ring (bicyclic) bond motifs is 1. The van der Waals surface area contributed by atoms with Crippen molar-refractivity contribution in [1.29, 1.82) is 0 Å². The highest BCUT2D eigenvalue weighted by Gasteiger charge is 2.25. The van der Waals surface area contributed by atoms with Crippen LogP contribution >= 0.6 is 15.9 Å². The summed E-state index contributed by atoms with van der Waals surface area (Å²) < 4.78 is 41.8. The van der Waals surface area contributed by atoms with Crippen molar-refractivity contribution in [3.8, 4) is 11.5 Å². The summed E-state index contributed by atoms with van der Waals surface area (Å²) in [5.41, 5.74) is 2.27. The van der Waals surface area contributed by atoms with Crippen LogP contribution < -0.4 is 14.8 Å². The number of rotatable bonds is 12. The molecule has 5 rings (SSSR count). The Morgan fingerprint density at radius 3 is 2.30 bits per heavy atom. The number of carbonyl (C=O) groups is 2. The molecular formula is C36H35BrN2O7S. The lowest BCUT2D eigenvalue weighted by molar-refractivity contribution is -0.152. The molecule has 1 aromatic heterocycles. The minimum absolute atomic E-state index is 0.0219. The van der Waals surface area contributed by atoms with Crippen LogP contribution in [0.2, 0.25) is 0 Å². The molecule has 1 unspecified atom stereocenters. The third-order valence-electron chi connectivity index (χ3n) is 6.84. The predicted octanol–water partition coefficient (Wildman–Crippen LogP) is 6.80. The van der Waals surface area contributed by atoms with Gasteiger partial charge < -0.3 is 19.5 Å². The second kappa shape index (κ2) is 17.3. The number of ether oxygens (including phenoxy) is 3. The van der Waals surface area contributed by atoms with Crippen LogP contribution in [-0.4, -0.2) is 51.0 Å². The van der Waals surface area contributed by atoms with Crippen molar-refractivity contribution in [1.82, 2.24) is 10.3 Å². The molecule has 0 bridgehead atoms. The number of aryl methyl sites for hydroxylation is 1. The molecular weight excluding hydrogens is 684 g/mol. The summed E-state index contributed by atoms with van der Waals surface area (Å²) in [7, 11) is -1.88. The molecule has 1 N–H and O–H groups in total. The van der Waals surface area contributed by atoms with Gasteiger partial charge in [-0.3, -0.25) is 9.78 Å². The number of nitrogens with one attached hydrogen (secondary N) is 1. The maximum atomic E-state index is 12.7. The van der Waals surface area contributed by atoms with Gasteiger partial charge in [0, 0.05) is 21.6 Å². The molecule has 0 radical (unpaired) electrons. The van der Waals surface area contributed by atoms with Gasteiger partial charge in [-0.1, -0.05) is 58.4 Å². The van der Waals surface area contributed by atoms with E-state index < -0.39 is 27.9 Å². The minimum atomic E-state index is -3.37. The summed E-state index contributed by atoms with van der Waals surface area (Å²) in [5.74, 6) is -0.396. The van der Waals surface area contributed by atoms with Crippen LogP contribution in [0.25, 0.3) is 10.9 Å². The Kier molecular flexibility index (Phi) is 12.9. The van der Waals surface area contributed by atoms with E-state index in [1.54, 1.807) is 79.7 Å². The van der Waals surface area contributed by atoms with Crippen molar-refractivity contribution >= 4 is 48.5 Å². The SMILES string of the molecule is CCOC(=O)C(NC(=O)c1cccc(OC)c1)Oc1ccc(CCCS(=O)(=O)c2ccc(Br)cc2)cc1.c1ccc2ncccc2c1. The Labute approximate surface area is 283 Å². The molecule has 1 atom stereocenters. The number of hydrogen-bond acceptors (Lipinski definition) is 8. The molecule has 0 aliphatic carbocycles. The second-order valence-electron chi connectivity index (χ2n) is 10.2. The predicted molar refractivity (Wildman–Crippen MR) is 184 cm³/mol. The first-order valence-corrected chi connectivity index (χ1v) is 17.3. The van der Waals surface area contributed by atoms with Crippen molar-refractivity contribution in [2.45, 2.75) is 30.9 Å². The van der Waals surface area contributed by atoms with Gasteiger partial charge in [0.2, 0.25) is 0 Å². The third kappa shape index (κ3) is 10.7. The largest absolute Gasteiger partial charge is 0.497 e. The van der Waals surface area contributed by atoms with Crippen LogP contribution in [0.5, 0.6) is 11.5 Å². The fourth-order valence-electron chi connectivity index (χ4n) is 4.43. The van der Waals surface area contributed by atoms with Gasteiger partial charge in [0.1, 0.15) is 11.5 Å². The molecule has 1 amide bonds. The van der Waals surface area contributed by atoms with E-state index in [1.165, 1.54) is 12.5 Å². The van der Waals surface area contributed by atoms with E-state index in [0.717, 1.165) is 15.6 Å². The second-order valence-corrected chi connectivity index (χ2v) is 13.2. The zero-order valence-corrected chi connectivity index (χ0v) is 28.4. The van der Waals surface area contributed by atoms with E-state index in [0.29, 0.717) is 34.8 Å². The number of nitrogens with zero attached hydrogens (tertiary/aromatic N) is 1. The molecule has 0 saturated heterocycles. The number of carbonyl (C=O) groups excluding carboxylic acids is 2. The van der Waals surface area contributed by atoms with E-state index in [4.69, 9.17) is 14.2 Å². The molecule has 47 heavy (non-hydrogen) atoms. The van der Waals surface area contributed by atoms with Crippen LogP contribution in [0.1, 0.15) is 29.3 Å². The number of sulfone groups is 1. The van der Waals surface area contributed by atoms with Crippen LogP contribution in [0.15, 0.2) is 125 Å². The zero-order valence-electron chi connectivity index (χ0n) is 26.0. The van der Waals surface area contributed by atoms with Gasteiger partial charge in [-0.15, -0.1) is 0 Å². The molecule has 1 heterocycles. The van der Waals surface area contributed by atoms with Crippen molar-refractivity contribution in [3.05, 3.63) is 131 Å². The maximum Gasteiger partial charge on any atom is 0.369 e. The number of amides is 1. The molecule has 4 aromatic carbocycles. The first-order chi connectivity index (χ1) is 22.7. The van der Waals surface area contributed by atoms with Gasteiger partial charge in [0.25, 0.3) is 12.1 Å². The lowest BCUT2D eigenvalue weighted by atomic mass is 10.1. The van der Waals surface area contributed by atoms with Gasteiger partial charge in [0.15, 0.2) is 9.84 Å². The molecule has 244 valence electrons. The van der Waals surface area contributed by atoms with Crippen molar-refractivity contribution in [2.24, 2.45) is 0 Å². The monoisotopic (exact) mass is 718 g/mol. The van der Waals surface area contributed by atoms with Crippen LogP contribution in [-0.2, 0) is 25.8 Å². The molecule has 0 aliphatic heterocycles. The van der Waals surface area contributed by atoms with E-state index in [1.807, 2.05) is 30.5 Å². The lowest BCUT2D eigenvalue weighted by Gasteiger charge is -2.19. The number of para-hydroxylation sites is 1. The number of pyridine rings is 1. The number of benzene rings is 4. The van der Waals surface area contributed by atoms with E-state index >= 15 is 0 Å².